The zero-order valence-electron chi connectivity index (χ0n) is 13.7. The number of methoxy groups -OCH3 is 1. The van der Waals surface area contributed by atoms with Crippen molar-refractivity contribution in [2.45, 2.75) is 19.9 Å². The fraction of sp³-hybridized carbons (Fsp3) is 0.353. The van der Waals surface area contributed by atoms with E-state index in [-0.39, 0.29) is 11.9 Å². The second-order valence-electron chi connectivity index (χ2n) is 5.21. The van der Waals surface area contributed by atoms with E-state index >= 15 is 0 Å². The Balaban J connectivity index is 2.09. The lowest BCUT2D eigenvalue weighted by molar-refractivity contribution is 0.0931. The first-order chi connectivity index (χ1) is 11.1. The van der Waals surface area contributed by atoms with Crippen molar-refractivity contribution in [3.05, 3.63) is 53.5 Å². The molecule has 0 bridgehead atoms. The van der Waals surface area contributed by atoms with Crippen molar-refractivity contribution in [1.82, 2.24) is 15.3 Å². The van der Waals surface area contributed by atoms with Gasteiger partial charge in [-0.15, -0.1) is 0 Å². The van der Waals surface area contributed by atoms with Crippen molar-refractivity contribution in [3.8, 4) is 0 Å². The molecule has 0 fully saturated rings. The molecule has 1 atom stereocenters. The first kappa shape index (κ1) is 16.9. The number of aryl methyl sites for hydroxylation is 1. The maximum Gasteiger partial charge on any atom is 0.270 e. The topological polar surface area (TPSA) is 76.1 Å². The van der Waals surface area contributed by atoms with Gasteiger partial charge in [-0.1, -0.05) is 30.3 Å². The third-order valence-corrected chi connectivity index (χ3v) is 3.33. The largest absolute Gasteiger partial charge is 0.383 e. The summed E-state index contributed by atoms with van der Waals surface area (Å²) in [6.45, 7) is 4.73. The van der Waals surface area contributed by atoms with Gasteiger partial charge < -0.3 is 15.4 Å². The van der Waals surface area contributed by atoms with Crippen LogP contribution in [0.25, 0.3) is 0 Å². The second kappa shape index (κ2) is 8.24. The number of hydrogen-bond acceptors (Lipinski definition) is 5. The highest BCUT2D eigenvalue weighted by molar-refractivity contribution is 5.92. The van der Waals surface area contributed by atoms with Gasteiger partial charge in [0.05, 0.1) is 6.61 Å². The second-order valence-corrected chi connectivity index (χ2v) is 5.21. The SMILES string of the molecule is COCCNC(=O)c1cc(NC(C)c2ccccc2)nc(C)n1. The Morgan fingerprint density at radius 3 is 2.70 bits per heavy atom. The van der Waals surface area contributed by atoms with Crippen molar-refractivity contribution in [3.63, 3.8) is 0 Å². The molecular weight excluding hydrogens is 292 g/mol. The van der Waals surface area contributed by atoms with E-state index in [1.54, 1.807) is 20.1 Å². The number of nitrogens with one attached hydrogen (secondary N) is 2. The molecule has 1 amide bonds. The summed E-state index contributed by atoms with van der Waals surface area (Å²) in [5, 5.41) is 6.06. The number of rotatable bonds is 7. The summed E-state index contributed by atoms with van der Waals surface area (Å²) in [7, 11) is 1.59. The van der Waals surface area contributed by atoms with Crippen LogP contribution in [0.1, 0.15) is 34.8 Å². The first-order valence-electron chi connectivity index (χ1n) is 7.54. The molecular formula is C17H22N4O2. The smallest absolute Gasteiger partial charge is 0.270 e. The molecule has 0 aliphatic heterocycles. The van der Waals surface area contributed by atoms with E-state index in [0.29, 0.717) is 30.5 Å². The van der Waals surface area contributed by atoms with Crippen LogP contribution in [0.2, 0.25) is 0 Å². The third kappa shape index (κ3) is 5.03. The van der Waals surface area contributed by atoms with Crippen LogP contribution in [-0.2, 0) is 4.74 Å². The summed E-state index contributed by atoms with van der Waals surface area (Å²) in [6, 6.07) is 11.8. The molecule has 0 aliphatic rings. The lowest BCUT2D eigenvalue weighted by Gasteiger charge is -2.15. The van der Waals surface area contributed by atoms with E-state index in [0.717, 1.165) is 5.56 Å². The molecule has 1 unspecified atom stereocenters. The van der Waals surface area contributed by atoms with E-state index in [1.807, 2.05) is 37.3 Å². The molecule has 0 radical (unpaired) electrons. The molecule has 2 N–H and O–H groups in total. The molecule has 2 aromatic rings. The zero-order chi connectivity index (χ0) is 16.7. The summed E-state index contributed by atoms with van der Waals surface area (Å²) in [6.07, 6.45) is 0. The van der Waals surface area contributed by atoms with Gasteiger partial charge in [-0.25, -0.2) is 9.97 Å². The van der Waals surface area contributed by atoms with Crippen molar-refractivity contribution in [2.24, 2.45) is 0 Å². The molecule has 1 aromatic carbocycles. The van der Waals surface area contributed by atoms with E-state index < -0.39 is 0 Å². The molecule has 0 aliphatic carbocycles. The number of carbonyl (C=O) groups is 1. The number of benzene rings is 1. The number of carbonyl (C=O) groups excluding carboxylic acids is 1. The summed E-state index contributed by atoms with van der Waals surface area (Å²) >= 11 is 0. The van der Waals surface area contributed by atoms with Gasteiger partial charge in [0, 0.05) is 25.8 Å². The molecule has 0 spiro atoms. The van der Waals surface area contributed by atoms with Crippen LogP contribution in [0.5, 0.6) is 0 Å². The number of aromatic nitrogens is 2. The predicted octanol–water partition coefficient (Wildman–Crippen LogP) is 2.33. The van der Waals surface area contributed by atoms with Gasteiger partial charge in [-0.3, -0.25) is 4.79 Å². The molecule has 122 valence electrons. The average molecular weight is 314 g/mol. The molecule has 1 aromatic heterocycles. The van der Waals surface area contributed by atoms with Gasteiger partial charge in [-0.05, 0) is 19.4 Å². The number of hydrogen-bond donors (Lipinski definition) is 2. The fourth-order valence-corrected chi connectivity index (χ4v) is 2.16. The maximum absolute atomic E-state index is 12.1. The predicted molar refractivity (Wildman–Crippen MR) is 89.5 cm³/mol. The molecule has 0 saturated heterocycles. The van der Waals surface area contributed by atoms with Crippen molar-refractivity contribution >= 4 is 11.7 Å². The molecule has 6 heteroatoms. The van der Waals surface area contributed by atoms with Crippen molar-refractivity contribution in [2.75, 3.05) is 25.6 Å². The number of nitrogens with zero attached hydrogens (tertiary/aromatic N) is 2. The van der Waals surface area contributed by atoms with Crippen LogP contribution < -0.4 is 10.6 Å². The Kier molecular flexibility index (Phi) is 6.05. The molecule has 0 saturated carbocycles. The lowest BCUT2D eigenvalue weighted by Crippen LogP contribution is -2.28. The number of ether oxygens (including phenoxy) is 1. The first-order valence-corrected chi connectivity index (χ1v) is 7.54. The van der Waals surface area contributed by atoms with Crippen molar-refractivity contribution < 1.29 is 9.53 Å². The Morgan fingerprint density at radius 2 is 2.00 bits per heavy atom. The van der Waals surface area contributed by atoms with Crippen LogP contribution in [0.3, 0.4) is 0 Å². The average Bonchev–Trinajstić information content (AvgIpc) is 2.55. The van der Waals surface area contributed by atoms with Crippen LogP contribution in [-0.4, -0.2) is 36.1 Å². The minimum absolute atomic E-state index is 0.0786. The lowest BCUT2D eigenvalue weighted by atomic mass is 10.1. The fourth-order valence-electron chi connectivity index (χ4n) is 2.16. The van der Waals surface area contributed by atoms with E-state index in [2.05, 4.69) is 20.6 Å². The van der Waals surface area contributed by atoms with E-state index in [1.165, 1.54) is 0 Å². The number of amides is 1. The summed E-state index contributed by atoms with van der Waals surface area (Å²) in [5.74, 6) is 0.945. The van der Waals surface area contributed by atoms with Crippen LogP contribution in [0, 0.1) is 6.92 Å². The summed E-state index contributed by atoms with van der Waals surface area (Å²) < 4.78 is 4.92. The number of anilines is 1. The zero-order valence-corrected chi connectivity index (χ0v) is 13.7. The molecule has 2 rings (SSSR count). The van der Waals surface area contributed by atoms with Gasteiger partial charge in [0.2, 0.25) is 0 Å². The Hall–Kier alpha value is -2.47. The van der Waals surface area contributed by atoms with Gasteiger partial charge in [0.1, 0.15) is 17.3 Å². The highest BCUT2D eigenvalue weighted by atomic mass is 16.5. The Morgan fingerprint density at radius 1 is 1.26 bits per heavy atom. The van der Waals surface area contributed by atoms with Crippen LogP contribution in [0.4, 0.5) is 5.82 Å². The van der Waals surface area contributed by atoms with Gasteiger partial charge in [0.25, 0.3) is 5.91 Å². The summed E-state index contributed by atoms with van der Waals surface area (Å²) in [5.41, 5.74) is 1.49. The Labute approximate surface area is 136 Å². The van der Waals surface area contributed by atoms with Gasteiger partial charge in [0.15, 0.2) is 0 Å². The molecule has 23 heavy (non-hydrogen) atoms. The Bertz CT molecular complexity index is 646. The minimum Gasteiger partial charge on any atom is -0.383 e. The monoisotopic (exact) mass is 314 g/mol. The van der Waals surface area contributed by atoms with Crippen LogP contribution in [0.15, 0.2) is 36.4 Å². The van der Waals surface area contributed by atoms with Gasteiger partial charge >= 0.3 is 0 Å². The standard InChI is InChI=1S/C17H22N4O2/c1-12(14-7-5-4-6-8-14)19-16-11-15(20-13(2)21-16)17(22)18-9-10-23-3/h4-8,11-12H,9-10H2,1-3H3,(H,18,22)(H,19,20,21). The van der Waals surface area contributed by atoms with Gasteiger partial charge in [-0.2, -0.15) is 0 Å². The normalized spacial score (nSPS) is 11.8. The highest BCUT2D eigenvalue weighted by Crippen LogP contribution is 2.18. The third-order valence-electron chi connectivity index (χ3n) is 3.33. The van der Waals surface area contributed by atoms with Crippen molar-refractivity contribution in [1.29, 1.82) is 0 Å². The minimum atomic E-state index is -0.233. The maximum atomic E-state index is 12.1. The molecule has 1 heterocycles. The van der Waals surface area contributed by atoms with E-state index in [4.69, 9.17) is 4.74 Å². The van der Waals surface area contributed by atoms with Crippen LogP contribution >= 0.6 is 0 Å². The highest BCUT2D eigenvalue weighted by Gasteiger charge is 2.12. The summed E-state index contributed by atoms with van der Waals surface area (Å²) in [4.78, 5) is 20.6. The molecule has 6 nitrogen and oxygen atoms in total. The quantitative estimate of drug-likeness (QED) is 0.767. The van der Waals surface area contributed by atoms with E-state index in [9.17, 15) is 4.79 Å².